The molecule has 4 heteroatoms. The number of methoxy groups -OCH3 is 2. The molecule has 0 radical (unpaired) electrons. The molecular weight excluding hydrogens is 256 g/mol. The van der Waals surface area contributed by atoms with Gasteiger partial charge in [0.15, 0.2) is 0 Å². The summed E-state index contributed by atoms with van der Waals surface area (Å²) in [6.45, 7) is 4.05. The van der Waals surface area contributed by atoms with E-state index in [0.29, 0.717) is 17.6 Å². The standard InChI is InChI=1S/C16H26O4/c1-11(2)10-13(15(17)19-3)14(16(18)20-4)12-8-6-5-7-9-12/h11-12H,5-10H2,1-4H3/b14-13-. The van der Waals surface area contributed by atoms with Crippen LogP contribution >= 0.6 is 0 Å². The van der Waals surface area contributed by atoms with Gasteiger partial charge in [-0.25, -0.2) is 9.59 Å². The molecule has 1 rings (SSSR count). The van der Waals surface area contributed by atoms with Gasteiger partial charge in [-0.1, -0.05) is 33.1 Å². The van der Waals surface area contributed by atoms with Crippen molar-refractivity contribution < 1.29 is 19.1 Å². The third kappa shape index (κ3) is 4.36. The number of carbonyl (C=O) groups is 2. The molecule has 0 aromatic rings. The minimum atomic E-state index is -0.398. The summed E-state index contributed by atoms with van der Waals surface area (Å²) in [5.74, 6) is -0.362. The maximum atomic E-state index is 12.2. The zero-order valence-electron chi connectivity index (χ0n) is 13.0. The molecule has 20 heavy (non-hydrogen) atoms. The van der Waals surface area contributed by atoms with Crippen LogP contribution in [0.15, 0.2) is 11.1 Å². The topological polar surface area (TPSA) is 52.6 Å². The first-order valence-corrected chi connectivity index (χ1v) is 7.40. The first-order valence-electron chi connectivity index (χ1n) is 7.40. The van der Waals surface area contributed by atoms with Gasteiger partial charge < -0.3 is 9.47 Å². The van der Waals surface area contributed by atoms with E-state index >= 15 is 0 Å². The minimum Gasteiger partial charge on any atom is -0.466 e. The number of ether oxygens (including phenoxy) is 2. The van der Waals surface area contributed by atoms with Gasteiger partial charge in [-0.15, -0.1) is 0 Å². The van der Waals surface area contributed by atoms with Crippen LogP contribution in [0.5, 0.6) is 0 Å². The predicted octanol–water partition coefficient (Wildman–Crippen LogP) is 3.26. The lowest BCUT2D eigenvalue weighted by atomic mass is 9.80. The average molecular weight is 282 g/mol. The molecule has 0 N–H and O–H groups in total. The number of carbonyl (C=O) groups excluding carboxylic acids is 2. The van der Waals surface area contributed by atoms with Crippen LogP contribution in [0.25, 0.3) is 0 Å². The van der Waals surface area contributed by atoms with Gasteiger partial charge in [0.05, 0.1) is 19.8 Å². The van der Waals surface area contributed by atoms with Crippen LogP contribution in [0, 0.1) is 11.8 Å². The Morgan fingerprint density at radius 3 is 2.00 bits per heavy atom. The van der Waals surface area contributed by atoms with Crippen LogP contribution in [0.1, 0.15) is 52.4 Å². The van der Waals surface area contributed by atoms with Gasteiger partial charge in [0.1, 0.15) is 0 Å². The molecule has 0 unspecified atom stereocenters. The Kier molecular flexibility index (Phi) is 6.76. The summed E-state index contributed by atoms with van der Waals surface area (Å²) in [6.07, 6.45) is 5.84. The fourth-order valence-electron chi connectivity index (χ4n) is 2.87. The fraction of sp³-hybridized carbons (Fsp3) is 0.750. The molecule has 1 fully saturated rings. The molecule has 0 aromatic heterocycles. The number of hydrogen-bond acceptors (Lipinski definition) is 4. The Balaban J connectivity index is 3.20. The smallest absolute Gasteiger partial charge is 0.334 e. The summed E-state index contributed by atoms with van der Waals surface area (Å²) in [4.78, 5) is 24.2. The molecular formula is C16H26O4. The molecule has 1 saturated carbocycles. The first-order chi connectivity index (χ1) is 9.51. The molecule has 0 saturated heterocycles. The largest absolute Gasteiger partial charge is 0.466 e. The SMILES string of the molecule is COC(=O)/C(CC(C)C)=C(\C(=O)OC)C1CCCCC1. The summed E-state index contributed by atoms with van der Waals surface area (Å²) in [7, 11) is 2.73. The molecule has 0 bridgehead atoms. The van der Waals surface area contributed by atoms with Crippen molar-refractivity contribution in [3.8, 4) is 0 Å². The van der Waals surface area contributed by atoms with Crippen LogP contribution in [0.3, 0.4) is 0 Å². The highest BCUT2D eigenvalue weighted by Gasteiger charge is 2.30. The Bertz CT molecular complexity index is 376. The quantitative estimate of drug-likeness (QED) is 0.573. The molecule has 4 nitrogen and oxygen atoms in total. The highest BCUT2D eigenvalue weighted by atomic mass is 16.5. The molecule has 0 aliphatic heterocycles. The van der Waals surface area contributed by atoms with E-state index < -0.39 is 5.97 Å². The lowest BCUT2D eigenvalue weighted by Gasteiger charge is -2.25. The molecule has 1 aliphatic carbocycles. The van der Waals surface area contributed by atoms with E-state index in [1.54, 1.807) is 0 Å². The second-order valence-corrected chi connectivity index (χ2v) is 5.81. The normalized spacial score (nSPS) is 17.6. The van der Waals surface area contributed by atoms with E-state index in [-0.39, 0.29) is 17.8 Å². The molecule has 114 valence electrons. The van der Waals surface area contributed by atoms with E-state index in [4.69, 9.17) is 9.47 Å². The zero-order chi connectivity index (χ0) is 15.1. The average Bonchev–Trinajstić information content (AvgIpc) is 2.46. The maximum Gasteiger partial charge on any atom is 0.334 e. The van der Waals surface area contributed by atoms with E-state index in [9.17, 15) is 9.59 Å². The highest BCUT2D eigenvalue weighted by Crippen LogP contribution is 2.34. The van der Waals surface area contributed by atoms with Gasteiger partial charge >= 0.3 is 11.9 Å². The summed E-state index contributed by atoms with van der Waals surface area (Å²) in [5.41, 5.74) is 1.05. The van der Waals surface area contributed by atoms with Crippen LogP contribution < -0.4 is 0 Å². The van der Waals surface area contributed by atoms with Crippen LogP contribution in [-0.4, -0.2) is 26.2 Å². The van der Waals surface area contributed by atoms with Crippen molar-refractivity contribution in [2.75, 3.05) is 14.2 Å². The van der Waals surface area contributed by atoms with Crippen molar-refractivity contribution >= 4 is 11.9 Å². The molecule has 1 aliphatic rings. The Morgan fingerprint density at radius 1 is 1.00 bits per heavy atom. The molecule has 0 atom stereocenters. The Hall–Kier alpha value is -1.32. The molecule has 0 spiro atoms. The highest BCUT2D eigenvalue weighted by molar-refractivity contribution is 6.00. The van der Waals surface area contributed by atoms with Gasteiger partial charge in [-0.05, 0) is 31.1 Å². The summed E-state index contributed by atoms with van der Waals surface area (Å²) < 4.78 is 9.79. The van der Waals surface area contributed by atoms with E-state index in [2.05, 4.69) is 0 Å². The van der Waals surface area contributed by atoms with Crippen LogP contribution in [-0.2, 0) is 19.1 Å². The van der Waals surface area contributed by atoms with E-state index in [1.807, 2.05) is 13.8 Å². The number of esters is 2. The zero-order valence-corrected chi connectivity index (χ0v) is 13.0. The molecule has 0 aromatic carbocycles. The number of rotatable bonds is 5. The second-order valence-electron chi connectivity index (χ2n) is 5.81. The summed E-state index contributed by atoms with van der Waals surface area (Å²) >= 11 is 0. The minimum absolute atomic E-state index is 0.129. The van der Waals surface area contributed by atoms with Gasteiger partial charge in [0, 0.05) is 5.57 Å². The van der Waals surface area contributed by atoms with Crippen LogP contribution in [0.2, 0.25) is 0 Å². The molecule has 0 heterocycles. The maximum absolute atomic E-state index is 12.2. The van der Waals surface area contributed by atoms with E-state index in [0.717, 1.165) is 25.7 Å². The number of hydrogen-bond donors (Lipinski definition) is 0. The summed E-state index contributed by atoms with van der Waals surface area (Å²) in [5, 5.41) is 0. The van der Waals surface area contributed by atoms with Gasteiger partial charge in [-0.2, -0.15) is 0 Å². The van der Waals surface area contributed by atoms with Crippen molar-refractivity contribution in [3.05, 3.63) is 11.1 Å². The van der Waals surface area contributed by atoms with Gasteiger partial charge in [0.25, 0.3) is 0 Å². The second kappa shape index (κ2) is 8.08. The lowest BCUT2D eigenvalue weighted by molar-refractivity contribution is -0.140. The third-order valence-electron chi connectivity index (χ3n) is 3.79. The van der Waals surface area contributed by atoms with Crippen molar-refractivity contribution in [2.24, 2.45) is 11.8 Å². The Morgan fingerprint density at radius 2 is 1.55 bits per heavy atom. The van der Waals surface area contributed by atoms with Gasteiger partial charge in [0.2, 0.25) is 0 Å². The van der Waals surface area contributed by atoms with Crippen molar-refractivity contribution in [2.45, 2.75) is 52.4 Å². The van der Waals surface area contributed by atoms with Crippen molar-refractivity contribution in [3.63, 3.8) is 0 Å². The Labute approximate surface area is 121 Å². The summed E-state index contributed by atoms with van der Waals surface area (Å²) in [6, 6.07) is 0. The predicted molar refractivity (Wildman–Crippen MR) is 77.1 cm³/mol. The molecule has 0 amide bonds. The van der Waals surface area contributed by atoms with Crippen molar-refractivity contribution in [1.82, 2.24) is 0 Å². The lowest BCUT2D eigenvalue weighted by Crippen LogP contribution is -2.23. The fourth-order valence-corrected chi connectivity index (χ4v) is 2.87. The van der Waals surface area contributed by atoms with Crippen LogP contribution in [0.4, 0.5) is 0 Å². The van der Waals surface area contributed by atoms with Crippen molar-refractivity contribution in [1.29, 1.82) is 0 Å². The first kappa shape index (κ1) is 16.7. The third-order valence-corrected chi connectivity index (χ3v) is 3.79. The van der Waals surface area contributed by atoms with Gasteiger partial charge in [-0.3, -0.25) is 0 Å². The monoisotopic (exact) mass is 282 g/mol. The van der Waals surface area contributed by atoms with E-state index in [1.165, 1.54) is 20.6 Å².